The van der Waals surface area contributed by atoms with E-state index < -0.39 is 23.8 Å². The van der Waals surface area contributed by atoms with Crippen LogP contribution in [0.25, 0.3) is 0 Å². The number of ether oxygens (including phenoxy) is 3. The monoisotopic (exact) mass is 541 g/mol. The standard InChI is InChI=1S/C29H36FN3O6/c1-16-8-7-9-33(16)20-11-17(10-19(29(2,3)4)26(20)39-15-23(35)36)21(34)14-32-13-18-12-22(37-5)27(38-6)25(30)24(18)28(32)31/h10-12,16,31H,7-9,13-15H2,1-6H3,(H,35,36). The third-order valence-corrected chi connectivity index (χ3v) is 7.34. The molecule has 4 rings (SSSR count). The number of fused-ring (bicyclic) bond motifs is 1. The van der Waals surface area contributed by atoms with Crippen LogP contribution in [0, 0.1) is 11.2 Å². The zero-order chi connectivity index (χ0) is 28.6. The number of hydrogen-bond donors (Lipinski definition) is 2. The van der Waals surface area contributed by atoms with Crippen LogP contribution in [0.1, 0.15) is 67.6 Å². The van der Waals surface area contributed by atoms with E-state index in [9.17, 15) is 14.7 Å². The second kappa shape index (κ2) is 10.7. The van der Waals surface area contributed by atoms with Crippen molar-refractivity contribution in [3.8, 4) is 17.2 Å². The SMILES string of the molecule is COc1cc2c(c(F)c1OC)C(=N)N(CC(=O)c1cc(N3CCCC3C)c(OCC(=O)O)c(C(C)(C)C)c1)C2. The summed E-state index contributed by atoms with van der Waals surface area (Å²) < 4.78 is 31.4. The third-order valence-electron chi connectivity index (χ3n) is 7.34. The van der Waals surface area contributed by atoms with Gasteiger partial charge >= 0.3 is 5.97 Å². The molecular weight excluding hydrogens is 505 g/mol. The number of carboxylic acids is 1. The number of nitrogens with one attached hydrogen (secondary N) is 1. The summed E-state index contributed by atoms with van der Waals surface area (Å²) >= 11 is 0. The first-order valence-electron chi connectivity index (χ1n) is 13.0. The Morgan fingerprint density at radius 3 is 2.44 bits per heavy atom. The van der Waals surface area contributed by atoms with Gasteiger partial charge in [-0.1, -0.05) is 20.8 Å². The van der Waals surface area contributed by atoms with Gasteiger partial charge in [-0.2, -0.15) is 0 Å². The molecule has 2 N–H and O–H groups in total. The Hall–Kier alpha value is -3.82. The number of nitrogens with zero attached hydrogens (tertiary/aromatic N) is 2. The molecule has 0 radical (unpaired) electrons. The van der Waals surface area contributed by atoms with Gasteiger partial charge in [0.25, 0.3) is 0 Å². The van der Waals surface area contributed by atoms with Crippen LogP contribution in [0.3, 0.4) is 0 Å². The molecular formula is C29H36FN3O6. The van der Waals surface area contributed by atoms with Crippen LogP contribution >= 0.6 is 0 Å². The van der Waals surface area contributed by atoms with E-state index in [0.717, 1.165) is 24.9 Å². The molecule has 0 saturated carbocycles. The number of anilines is 1. The summed E-state index contributed by atoms with van der Waals surface area (Å²) in [7, 11) is 2.75. The topological polar surface area (TPSA) is 112 Å². The number of carboxylic acid groups (broad SMARTS) is 1. The van der Waals surface area contributed by atoms with Crippen LogP contribution in [-0.4, -0.2) is 67.6 Å². The van der Waals surface area contributed by atoms with Gasteiger partial charge in [-0.3, -0.25) is 10.2 Å². The fraction of sp³-hybridized carbons (Fsp3) is 0.483. The fourth-order valence-corrected chi connectivity index (χ4v) is 5.35. The lowest BCUT2D eigenvalue weighted by atomic mass is 9.84. The van der Waals surface area contributed by atoms with Gasteiger partial charge in [-0.05, 0) is 48.9 Å². The first-order chi connectivity index (χ1) is 18.4. The van der Waals surface area contributed by atoms with Crippen molar-refractivity contribution in [1.82, 2.24) is 4.90 Å². The molecule has 2 aliphatic heterocycles. The molecule has 2 aromatic carbocycles. The molecule has 0 amide bonds. The van der Waals surface area contributed by atoms with Gasteiger partial charge in [0, 0.05) is 30.3 Å². The van der Waals surface area contributed by atoms with E-state index in [2.05, 4.69) is 11.8 Å². The first-order valence-corrected chi connectivity index (χ1v) is 13.0. The molecule has 9 nitrogen and oxygen atoms in total. The zero-order valence-electron chi connectivity index (χ0n) is 23.3. The number of methoxy groups -OCH3 is 2. The number of halogens is 1. The Balaban J connectivity index is 1.71. The van der Waals surface area contributed by atoms with Crippen LogP contribution in [0.15, 0.2) is 18.2 Å². The summed E-state index contributed by atoms with van der Waals surface area (Å²) in [6.45, 7) is 8.37. The minimum atomic E-state index is -1.08. The Bertz CT molecular complexity index is 1320. The lowest BCUT2D eigenvalue weighted by Gasteiger charge is -2.31. The second-order valence-electron chi connectivity index (χ2n) is 11.1. The molecule has 1 fully saturated rings. The molecule has 1 unspecified atom stereocenters. The molecule has 1 atom stereocenters. The number of aliphatic carboxylic acids is 1. The third kappa shape index (κ3) is 5.37. The molecule has 39 heavy (non-hydrogen) atoms. The predicted octanol–water partition coefficient (Wildman–Crippen LogP) is 4.62. The molecule has 210 valence electrons. The van der Waals surface area contributed by atoms with Gasteiger partial charge in [0.2, 0.25) is 0 Å². The first kappa shape index (κ1) is 28.2. The van der Waals surface area contributed by atoms with Crippen molar-refractivity contribution in [1.29, 1.82) is 5.41 Å². The molecule has 0 bridgehead atoms. The molecule has 0 spiro atoms. The minimum absolute atomic E-state index is 0.0784. The molecule has 0 aliphatic carbocycles. The lowest BCUT2D eigenvalue weighted by molar-refractivity contribution is -0.139. The van der Waals surface area contributed by atoms with Crippen LogP contribution in [0.4, 0.5) is 10.1 Å². The molecule has 2 aromatic rings. The number of Topliss-reactive ketones (excluding diaryl/α,β-unsaturated/α-hetero) is 1. The van der Waals surface area contributed by atoms with Crippen molar-refractivity contribution in [2.24, 2.45) is 0 Å². The van der Waals surface area contributed by atoms with E-state index in [-0.39, 0.29) is 47.8 Å². The number of benzene rings is 2. The highest BCUT2D eigenvalue weighted by Gasteiger charge is 2.34. The molecule has 0 aromatic heterocycles. The van der Waals surface area contributed by atoms with Gasteiger partial charge in [-0.25, -0.2) is 9.18 Å². The zero-order valence-corrected chi connectivity index (χ0v) is 23.3. The number of ketones is 1. The maximum absolute atomic E-state index is 15.2. The van der Waals surface area contributed by atoms with Crippen molar-refractivity contribution in [3.63, 3.8) is 0 Å². The number of hydrogen-bond acceptors (Lipinski definition) is 7. The fourth-order valence-electron chi connectivity index (χ4n) is 5.35. The highest BCUT2D eigenvalue weighted by molar-refractivity contribution is 6.06. The Labute approximate surface area is 228 Å². The van der Waals surface area contributed by atoms with Crippen LogP contribution in [0.2, 0.25) is 0 Å². The normalized spacial score (nSPS) is 16.9. The smallest absolute Gasteiger partial charge is 0.341 e. The van der Waals surface area contributed by atoms with Crippen molar-refractivity contribution in [2.45, 2.75) is 58.5 Å². The van der Waals surface area contributed by atoms with Crippen molar-refractivity contribution in [3.05, 3.63) is 46.3 Å². The van der Waals surface area contributed by atoms with E-state index in [0.29, 0.717) is 22.6 Å². The Kier molecular flexibility index (Phi) is 7.77. The van der Waals surface area contributed by atoms with Crippen LogP contribution < -0.4 is 19.1 Å². The minimum Gasteiger partial charge on any atom is -0.493 e. The van der Waals surface area contributed by atoms with Crippen LogP contribution in [-0.2, 0) is 16.8 Å². The number of carbonyl (C=O) groups excluding carboxylic acids is 1. The summed E-state index contributed by atoms with van der Waals surface area (Å²) in [5.74, 6) is -1.48. The Morgan fingerprint density at radius 1 is 1.15 bits per heavy atom. The van der Waals surface area contributed by atoms with Crippen molar-refractivity contribution >= 4 is 23.3 Å². The lowest BCUT2D eigenvalue weighted by Crippen LogP contribution is -2.32. The number of rotatable bonds is 9. The van der Waals surface area contributed by atoms with Gasteiger partial charge < -0.3 is 29.1 Å². The maximum Gasteiger partial charge on any atom is 0.341 e. The quantitative estimate of drug-likeness (QED) is 0.443. The summed E-state index contributed by atoms with van der Waals surface area (Å²) in [5.41, 5.74) is 2.04. The average Bonchev–Trinajstić information content (AvgIpc) is 3.43. The van der Waals surface area contributed by atoms with Crippen molar-refractivity contribution < 1.29 is 33.3 Å². The summed E-state index contributed by atoms with van der Waals surface area (Å²) in [4.78, 5) is 28.7. The highest BCUT2D eigenvalue weighted by Crippen LogP contribution is 2.43. The van der Waals surface area contributed by atoms with Gasteiger partial charge in [0.1, 0.15) is 11.6 Å². The number of amidine groups is 1. The Morgan fingerprint density at radius 2 is 1.87 bits per heavy atom. The maximum atomic E-state index is 15.2. The van der Waals surface area contributed by atoms with Gasteiger partial charge in [0.15, 0.2) is 29.7 Å². The largest absolute Gasteiger partial charge is 0.493 e. The van der Waals surface area contributed by atoms with E-state index in [1.54, 1.807) is 18.2 Å². The molecule has 10 heteroatoms. The van der Waals surface area contributed by atoms with E-state index in [1.807, 2.05) is 20.8 Å². The molecule has 2 heterocycles. The molecule has 2 aliphatic rings. The van der Waals surface area contributed by atoms with E-state index in [4.69, 9.17) is 19.6 Å². The van der Waals surface area contributed by atoms with E-state index >= 15 is 4.39 Å². The average molecular weight is 542 g/mol. The summed E-state index contributed by atoms with van der Waals surface area (Å²) in [6.07, 6.45) is 1.95. The summed E-state index contributed by atoms with van der Waals surface area (Å²) in [5, 5.41) is 17.9. The number of carbonyl (C=O) groups is 2. The van der Waals surface area contributed by atoms with Crippen LogP contribution in [0.5, 0.6) is 17.2 Å². The van der Waals surface area contributed by atoms with Gasteiger partial charge in [0.05, 0.1) is 32.0 Å². The van der Waals surface area contributed by atoms with Gasteiger partial charge in [-0.15, -0.1) is 0 Å². The summed E-state index contributed by atoms with van der Waals surface area (Å²) in [6, 6.07) is 5.35. The predicted molar refractivity (Wildman–Crippen MR) is 145 cm³/mol. The highest BCUT2D eigenvalue weighted by atomic mass is 19.1. The van der Waals surface area contributed by atoms with Crippen molar-refractivity contribution in [2.75, 3.05) is 38.8 Å². The molecule has 1 saturated heterocycles. The second-order valence-corrected chi connectivity index (χ2v) is 11.1. The van der Waals surface area contributed by atoms with E-state index in [1.165, 1.54) is 19.1 Å².